The molecule has 10 heteroatoms. The van der Waals surface area contributed by atoms with E-state index in [9.17, 15) is 24.0 Å². The molecule has 3 heterocycles. The summed E-state index contributed by atoms with van der Waals surface area (Å²) < 4.78 is 0. The van der Waals surface area contributed by atoms with E-state index in [1.807, 2.05) is 0 Å². The molecule has 10 nitrogen and oxygen atoms in total. The highest BCUT2D eigenvalue weighted by Crippen LogP contribution is 2.38. The van der Waals surface area contributed by atoms with E-state index in [0.29, 0.717) is 30.8 Å². The van der Waals surface area contributed by atoms with Crippen molar-refractivity contribution in [2.45, 2.75) is 31.7 Å². The van der Waals surface area contributed by atoms with Gasteiger partial charge in [-0.05, 0) is 23.6 Å². The maximum Gasteiger partial charge on any atom is 0.322 e. The molecule has 4 amide bonds. The van der Waals surface area contributed by atoms with Gasteiger partial charge in [0, 0.05) is 33.0 Å². The third-order valence-corrected chi connectivity index (χ3v) is 5.36. The number of nitrogens with zero attached hydrogens (tertiary/aromatic N) is 1. The molecule has 3 N–H and O–H groups in total. The standard InChI is InChI=1S/C19H20N4O6/c1-9(24)29-23-7-6-20-8-13(23)10-2-3-12-16(19(28)22-18(12)27)15(10)11-4-5-14(25)21-17(11)26/h2-3,11,13,20H,4-8H2,1H3,(H,21,25,26)(H,22,27,28). The predicted molar refractivity (Wildman–Crippen MR) is 97.4 cm³/mol. The van der Waals surface area contributed by atoms with Crippen LogP contribution in [-0.4, -0.2) is 54.3 Å². The number of amides is 4. The van der Waals surface area contributed by atoms with E-state index in [1.165, 1.54) is 12.0 Å². The molecule has 4 rings (SSSR count). The van der Waals surface area contributed by atoms with Crippen molar-refractivity contribution in [3.8, 4) is 0 Å². The number of imide groups is 2. The van der Waals surface area contributed by atoms with E-state index >= 15 is 0 Å². The average Bonchev–Trinajstić information content (AvgIpc) is 2.95. The average molecular weight is 400 g/mol. The normalized spacial score (nSPS) is 24.7. The molecule has 0 saturated carbocycles. The molecule has 0 bridgehead atoms. The summed E-state index contributed by atoms with van der Waals surface area (Å²) in [5.74, 6) is -3.23. The Morgan fingerprint density at radius 3 is 2.66 bits per heavy atom. The third-order valence-electron chi connectivity index (χ3n) is 5.36. The van der Waals surface area contributed by atoms with E-state index in [1.54, 1.807) is 12.1 Å². The molecule has 1 aromatic carbocycles. The minimum absolute atomic E-state index is 0.131. The smallest absolute Gasteiger partial charge is 0.322 e. The Labute approximate surface area is 165 Å². The molecular formula is C19H20N4O6. The van der Waals surface area contributed by atoms with E-state index in [-0.39, 0.29) is 29.9 Å². The monoisotopic (exact) mass is 400 g/mol. The summed E-state index contributed by atoms with van der Waals surface area (Å²) in [6.07, 6.45) is 0.356. The minimum Gasteiger partial charge on any atom is -0.368 e. The van der Waals surface area contributed by atoms with Gasteiger partial charge in [0.25, 0.3) is 11.8 Å². The summed E-state index contributed by atoms with van der Waals surface area (Å²) in [7, 11) is 0. The zero-order valence-corrected chi connectivity index (χ0v) is 15.7. The Balaban J connectivity index is 1.86. The van der Waals surface area contributed by atoms with Crippen LogP contribution in [0.25, 0.3) is 0 Å². The number of hydrogen-bond acceptors (Lipinski definition) is 8. The van der Waals surface area contributed by atoms with Crippen molar-refractivity contribution < 1.29 is 28.8 Å². The number of fused-ring (bicyclic) bond motifs is 1. The summed E-state index contributed by atoms with van der Waals surface area (Å²) >= 11 is 0. The van der Waals surface area contributed by atoms with Crippen LogP contribution in [-0.2, 0) is 19.2 Å². The summed E-state index contributed by atoms with van der Waals surface area (Å²) in [5.41, 5.74) is 1.36. The quantitative estimate of drug-likeness (QED) is 0.579. The van der Waals surface area contributed by atoms with Crippen molar-refractivity contribution in [2.75, 3.05) is 19.6 Å². The van der Waals surface area contributed by atoms with Crippen molar-refractivity contribution in [2.24, 2.45) is 0 Å². The van der Waals surface area contributed by atoms with E-state index < -0.39 is 35.7 Å². The maximum atomic E-state index is 12.6. The van der Waals surface area contributed by atoms with Gasteiger partial charge in [0.1, 0.15) is 0 Å². The molecule has 0 aromatic heterocycles. The Morgan fingerprint density at radius 2 is 1.93 bits per heavy atom. The van der Waals surface area contributed by atoms with Gasteiger partial charge in [0.2, 0.25) is 11.8 Å². The van der Waals surface area contributed by atoms with Gasteiger partial charge in [-0.1, -0.05) is 6.07 Å². The van der Waals surface area contributed by atoms with Crippen LogP contribution in [0, 0.1) is 0 Å². The van der Waals surface area contributed by atoms with Gasteiger partial charge in [-0.25, -0.2) is 0 Å². The van der Waals surface area contributed by atoms with Crippen molar-refractivity contribution in [1.29, 1.82) is 0 Å². The number of benzene rings is 1. The van der Waals surface area contributed by atoms with Crippen LogP contribution in [0.2, 0.25) is 0 Å². The summed E-state index contributed by atoms with van der Waals surface area (Å²) in [6.45, 7) is 2.74. The van der Waals surface area contributed by atoms with Gasteiger partial charge < -0.3 is 10.2 Å². The Morgan fingerprint density at radius 1 is 1.14 bits per heavy atom. The number of carbonyl (C=O) groups is 5. The van der Waals surface area contributed by atoms with Crippen molar-refractivity contribution in [3.05, 3.63) is 34.4 Å². The molecular weight excluding hydrogens is 380 g/mol. The molecule has 2 fully saturated rings. The Kier molecular flexibility index (Phi) is 4.89. The lowest BCUT2D eigenvalue weighted by Gasteiger charge is -2.36. The number of nitrogens with one attached hydrogen (secondary N) is 3. The van der Waals surface area contributed by atoms with Crippen LogP contribution in [0.4, 0.5) is 0 Å². The first-order valence-electron chi connectivity index (χ1n) is 9.39. The van der Waals surface area contributed by atoms with Crippen molar-refractivity contribution in [1.82, 2.24) is 21.0 Å². The highest BCUT2D eigenvalue weighted by atomic mass is 16.7. The van der Waals surface area contributed by atoms with E-state index in [0.717, 1.165) is 0 Å². The van der Waals surface area contributed by atoms with Crippen LogP contribution in [0.15, 0.2) is 12.1 Å². The first-order chi connectivity index (χ1) is 13.9. The summed E-state index contributed by atoms with van der Waals surface area (Å²) in [6, 6.07) is 2.77. The van der Waals surface area contributed by atoms with Crippen molar-refractivity contribution in [3.63, 3.8) is 0 Å². The van der Waals surface area contributed by atoms with Gasteiger partial charge in [-0.2, -0.15) is 0 Å². The van der Waals surface area contributed by atoms with Crippen LogP contribution in [0.3, 0.4) is 0 Å². The van der Waals surface area contributed by atoms with Gasteiger partial charge in [0.15, 0.2) is 0 Å². The second-order valence-corrected chi connectivity index (χ2v) is 7.22. The van der Waals surface area contributed by atoms with Gasteiger partial charge >= 0.3 is 5.97 Å². The molecule has 0 spiro atoms. The zero-order chi connectivity index (χ0) is 20.7. The fourth-order valence-electron chi connectivity index (χ4n) is 4.16. The first kappa shape index (κ1) is 19.2. The SMILES string of the molecule is CC(=O)ON1CCNCC1c1ccc2c(c1C1CCC(=O)NC1=O)C(=O)NC2=O. The summed E-state index contributed by atoms with van der Waals surface area (Å²) in [4.78, 5) is 65.9. The molecule has 0 radical (unpaired) electrons. The lowest BCUT2D eigenvalue weighted by atomic mass is 9.80. The second kappa shape index (κ2) is 7.37. The molecule has 0 aliphatic carbocycles. The lowest BCUT2D eigenvalue weighted by molar-refractivity contribution is -0.204. The highest BCUT2D eigenvalue weighted by Gasteiger charge is 2.41. The van der Waals surface area contributed by atoms with Crippen LogP contribution in [0.5, 0.6) is 0 Å². The Hall–Kier alpha value is -3.11. The number of piperidine rings is 1. The highest BCUT2D eigenvalue weighted by molar-refractivity contribution is 6.23. The fourth-order valence-corrected chi connectivity index (χ4v) is 4.16. The molecule has 152 valence electrons. The second-order valence-electron chi connectivity index (χ2n) is 7.22. The van der Waals surface area contributed by atoms with Crippen LogP contribution < -0.4 is 16.0 Å². The van der Waals surface area contributed by atoms with Crippen LogP contribution >= 0.6 is 0 Å². The largest absolute Gasteiger partial charge is 0.368 e. The number of piperazine rings is 1. The van der Waals surface area contributed by atoms with Gasteiger partial charge in [0.05, 0.1) is 23.1 Å². The fraction of sp³-hybridized carbons (Fsp3) is 0.421. The number of hydrogen-bond donors (Lipinski definition) is 3. The maximum absolute atomic E-state index is 12.6. The molecule has 1 aromatic rings. The molecule has 3 aliphatic rings. The third kappa shape index (κ3) is 3.40. The van der Waals surface area contributed by atoms with Crippen LogP contribution in [0.1, 0.15) is 63.6 Å². The molecule has 2 atom stereocenters. The summed E-state index contributed by atoms with van der Waals surface area (Å²) in [5, 5.41) is 9.31. The number of hydroxylamine groups is 2. The van der Waals surface area contributed by atoms with Crippen molar-refractivity contribution >= 4 is 29.6 Å². The molecule has 29 heavy (non-hydrogen) atoms. The minimum atomic E-state index is -0.768. The number of carbonyl (C=O) groups excluding carboxylic acids is 5. The molecule has 2 unspecified atom stereocenters. The lowest BCUT2D eigenvalue weighted by Crippen LogP contribution is -2.47. The Bertz CT molecular complexity index is 943. The predicted octanol–water partition coefficient (Wildman–Crippen LogP) is -0.485. The first-order valence-corrected chi connectivity index (χ1v) is 9.39. The van der Waals surface area contributed by atoms with E-state index in [2.05, 4.69) is 16.0 Å². The van der Waals surface area contributed by atoms with Gasteiger partial charge in [-0.15, -0.1) is 5.06 Å². The molecule has 3 aliphatic heterocycles. The zero-order valence-electron chi connectivity index (χ0n) is 15.7. The topological polar surface area (TPSA) is 134 Å². The van der Waals surface area contributed by atoms with Gasteiger partial charge in [-0.3, -0.25) is 34.6 Å². The number of rotatable bonds is 3. The van der Waals surface area contributed by atoms with E-state index in [4.69, 9.17) is 4.84 Å². The molecule has 2 saturated heterocycles.